The topological polar surface area (TPSA) is 57.2 Å². The van der Waals surface area contributed by atoms with E-state index >= 15 is 0 Å². The lowest BCUT2D eigenvalue weighted by Gasteiger charge is -2.39. The average molecular weight is 425 g/mol. The molecule has 3 rings (SSSR count). The highest BCUT2D eigenvalue weighted by molar-refractivity contribution is 5.83. The molecule has 0 spiro atoms. The van der Waals surface area contributed by atoms with Gasteiger partial charge in [-0.1, -0.05) is 12.1 Å². The second-order valence-corrected chi connectivity index (χ2v) is 6.64. The van der Waals surface area contributed by atoms with Crippen molar-refractivity contribution in [3.8, 4) is 23.0 Å². The minimum atomic E-state index is -5.00. The van der Waals surface area contributed by atoms with E-state index in [9.17, 15) is 18.0 Å². The van der Waals surface area contributed by atoms with Gasteiger partial charge in [-0.15, -0.1) is 0 Å². The van der Waals surface area contributed by atoms with Crippen LogP contribution in [-0.2, 0) is 11.2 Å². The summed E-state index contributed by atoms with van der Waals surface area (Å²) in [7, 11) is 5.79. The van der Waals surface area contributed by atoms with Crippen molar-refractivity contribution in [2.75, 3.05) is 35.0 Å². The van der Waals surface area contributed by atoms with Crippen molar-refractivity contribution < 1.29 is 36.9 Å². The lowest BCUT2D eigenvalue weighted by atomic mass is 9.86. The Morgan fingerprint density at radius 1 is 1.00 bits per heavy atom. The monoisotopic (exact) mass is 425 g/mol. The zero-order valence-corrected chi connectivity index (χ0v) is 17.0. The molecule has 0 saturated carbocycles. The summed E-state index contributed by atoms with van der Waals surface area (Å²) < 4.78 is 61.6. The Bertz CT molecular complexity index is 945. The number of nitrogens with zero attached hydrogens (tertiary/aromatic N) is 1. The van der Waals surface area contributed by atoms with Crippen LogP contribution in [0.25, 0.3) is 0 Å². The van der Waals surface area contributed by atoms with Gasteiger partial charge in [0.2, 0.25) is 5.75 Å². The third-order valence-electron chi connectivity index (χ3n) is 5.09. The summed E-state index contributed by atoms with van der Waals surface area (Å²) in [4.78, 5) is 13.1. The highest BCUT2D eigenvalue weighted by Crippen LogP contribution is 2.48. The molecule has 1 aliphatic rings. The number of amides is 1. The van der Waals surface area contributed by atoms with Crippen LogP contribution in [0.2, 0.25) is 0 Å². The molecule has 2 aromatic carbocycles. The van der Waals surface area contributed by atoms with Gasteiger partial charge in [-0.25, -0.2) is 0 Å². The first-order valence-electron chi connectivity index (χ1n) is 9.10. The summed E-state index contributed by atoms with van der Waals surface area (Å²) in [5, 5.41) is 0. The number of carbonyl (C=O) groups excluding carboxylic acids is 1. The molecule has 0 fully saturated rings. The standard InChI is InChI=1S/C21H22F3NO5/c1-27-13-7-5-6-12(10-13)17-15-11-16(28-2)19(30-4)18(29-3)14(15)8-9-25(17)20(26)21(22,23)24/h5-7,10-11,17H,8-9H2,1-4H3/t17-/m1/s1. The minimum Gasteiger partial charge on any atom is -0.497 e. The fraction of sp³-hybridized carbons (Fsp3) is 0.381. The molecule has 6 nitrogen and oxygen atoms in total. The van der Waals surface area contributed by atoms with Gasteiger partial charge < -0.3 is 23.8 Å². The summed E-state index contributed by atoms with van der Waals surface area (Å²) in [5.41, 5.74) is 1.61. The molecule has 162 valence electrons. The molecule has 0 N–H and O–H groups in total. The van der Waals surface area contributed by atoms with Gasteiger partial charge in [-0.05, 0) is 35.7 Å². The highest BCUT2D eigenvalue weighted by atomic mass is 19.4. The molecule has 9 heteroatoms. The SMILES string of the molecule is COc1cccc([C@@H]2c3cc(OC)c(OC)c(OC)c3CCN2C(=O)C(F)(F)F)c1. The lowest BCUT2D eigenvalue weighted by molar-refractivity contribution is -0.187. The molecule has 1 atom stereocenters. The number of hydrogen-bond acceptors (Lipinski definition) is 5. The van der Waals surface area contributed by atoms with Crippen molar-refractivity contribution in [1.29, 1.82) is 0 Å². The van der Waals surface area contributed by atoms with E-state index in [1.807, 2.05) is 0 Å². The Hall–Kier alpha value is -3.10. The molecule has 0 aliphatic carbocycles. The normalized spacial score (nSPS) is 16.0. The highest BCUT2D eigenvalue weighted by Gasteiger charge is 2.47. The molecule has 0 radical (unpaired) electrons. The Balaban J connectivity index is 2.28. The van der Waals surface area contributed by atoms with Gasteiger partial charge in [0.25, 0.3) is 0 Å². The van der Waals surface area contributed by atoms with Gasteiger partial charge in [0.1, 0.15) is 5.75 Å². The van der Waals surface area contributed by atoms with Crippen molar-refractivity contribution >= 4 is 5.91 Å². The van der Waals surface area contributed by atoms with Gasteiger partial charge in [-0.2, -0.15) is 13.2 Å². The molecular weight excluding hydrogens is 403 g/mol. The largest absolute Gasteiger partial charge is 0.497 e. The first kappa shape index (κ1) is 21.6. The molecule has 0 bridgehead atoms. The number of carbonyl (C=O) groups is 1. The number of rotatable bonds is 5. The number of alkyl halides is 3. The molecular formula is C21H22F3NO5. The number of halogens is 3. The minimum absolute atomic E-state index is 0.140. The van der Waals surface area contributed by atoms with Gasteiger partial charge in [0, 0.05) is 12.1 Å². The molecule has 0 unspecified atom stereocenters. The summed E-state index contributed by atoms with van der Waals surface area (Å²) in [5.74, 6) is -0.430. The van der Waals surface area contributed by atoms with Gasteiger partial charge in [-0.3, -0.25) is 4.79 Å². The molecule has 1 heterocycles. The van der Waals surface area contributed by atoms with Crippen LogP contribution in [0, 0.1) is 0 Å². The molecule has 0 aromatic heterocycles. The van der Waals surface area contributed by atoms with Crippen LogP contribution in [0.3, 0.4) is 0 Å². The number of fused-ring (bicyclic) bond motifs is 1. The van der Waals surface area contributed by atoms with Crippen LogP contribution in [-0.4, -0.2) is 52.0 Å². The maximum atomic E-state index is 13.4. The molecule has 0 saturated heterocycles. The van der Waals surface area contributed by atoms with Crippen LogP contribution in [0.4, 0.5) is 13.2 Å². The molecule has 2 aromatic rings. The molecule has 1 amide bonds. The summed E-state index contributed by atoms with van der Waals surface area (Å²) in [6.07, 6.45) is -4.84. The number of ether oxygens (including phenoxy) is 4. The summed E-state index contributed by atoms with van der Waals surface area (Å²) in [6.45, 7) is -0.140. The van der Waals surface area contributed by atoms with Crippen molar-refractivity contribution in [2.24, 2.45) is 0 Å². The fourth-order valence-electron chi connectivity index (χ4n) is 3.82. The van der Waals surface area contributed by atoms with Crippen molar-refractivity contribution in [3.05, 3.63) is 47.0 Å². The lowest BCUT2D eigenvalue weighted by Crippen LogP contribution is -2.47. The van der Waals surface area contributed by atoms with Crippen molar-refractivity contribution in [2.45, 2.75) is 18.6 Å². The van der Waals surface area contributed by atoms with Gasteiger partial charge in [0.15, 0.2) is 11.5 Å². The van der Waals surface area contributed by atoms with E-state index in [2.05, 4.69) is 0 Å². The number of methoxy groups -OCH3 is 4. The zero-order chi connectivity index (χ0) is 22.1. The number of hydrogen-bond donors (Lipinski definition) is 0. The van der Waals surface area contributed by atoms with Crippen LogP contribution in [0.1, 0.15) is 22.7 Å². The van der Waals surface area contributed by atoms with E-state index in [1.54, 1.807) is 30.3 Å². The predicted molar refractivity (Wildman–Crippen MR) is 102 cm³/mol. The first-order chi connectivity index (χ1) is 14.3. The Morgan fingerprint density at radius 2 is 1.70 bits per heavy atom. The zero-order valence-electron chi connectivity index (χ0n) is 17.0. The first-order valence-corrected chi connectivity index (χ1v) is 9.10. The van der Waals surface area contributed by atoms with Crippen LogP contribution >= 0.6 is 0 Å². The van der Waals surface area contributed by atoms with Gasteiger partial charge >= 0.3 is 12.1 Å². The van der Waals surface area contributed by atoms with Crippen LogP contribution in [0.5, 0.6) is 23.0 Å². The van der Waals surface area contributed by atoms with E-state index in [1.165, 1.54) is 28.4 Å². The third-order valence-corrected chi connectivity index (χ3v) is 5.09. The Kier molecular flexibility index (Phi) is 6.00. The molecule has 1 aliphatic heterocycles. The molecule has 30 heavy (non-hydrogen) atoms. The third kappa shape index (κ3) is 3.71. The van der Waals surface area contributed by atoms with E-state index in [-0.39, 0.29) is 13.0 Å². The van der Waals surface area contributed by atoms with Crippen molar-refractivity contribution in [1.82, 2.24) is 4.90 Å². The van der Waals surface area contributed by atoms with E-state index in [4.69, 9.17) is 18.9 Å². The van der Waals surface area contributed by atoms with E-state index in [0.717, 1.165) is 4.90 Å². The van der Waals surface area contributed by atoms with E-state index < -0.39 is 18.1 Å². The predicted octanol–water partition coefficient (Wildman–Crippen LogP) is 3.76. The fourth-order valence-corrected chi connectivity index (χ4v) is 3.82. The maximum Gasteiger partial charge on any atom is 0.471 e. The maximum absolute atomic E-state index is 13.4. The van der Waals surface area contributed by atoms with E-state index in [0.29, 0.717) is 39.7 Å². The quantitative estimate of drug-likeness (QED) is 0.730. The summed E-state index contributed by atoms with van der Waals surface area (Å²) in [6, 6.07) is 7.19. The van der Waals surface area contributed by atoms with Crippen molar-refractivity contribution in [3.63, 3.8) is 0 Å². The Labute approximate surface area is 172 Å². The second-order valence-electron chi connectivity index (χ2n) is 6.64. The second kappa shape index (κ2) is 8.33. The average Bonchev–Trinajstić information content (AvgIpc) is 2.75. The number of benzene rings is 2. The van der Waals surface area contributed by atoms with Crippen LogP contribution in [0.15, 0.2) is 30.3 Å². The Morgan fingerprint density at radius 3 is 2.27 bits per heavy atom. The van der Waals surface area contributed by atoms with Gasteiger partial charge in [0.05, 0.1) is 34.5 Å². The smallest absolute Gasteiger partial charge is 0.471 e. The van der Waals surface area contributed by atoms with Crippen LogP contribution < -0.4 is 18.9 Å². The summed E-state index contributed by atoms with van der Waals surface area (Å²) >= 11 is 0.